The molecule has 17 heavy (non-hydrogen) atoms. The van der Waals surface area contributed by atoms with Crippen molar-refractivity contribution < 1.29 is 9.59 Å². The van der Waals surface area contributed by atoms with Crippen LogP contribution in [0.3, 0.4) is 0 Å². The molecular formula is C12H17N3O2. The largest absolute Gasteiger partial charge is 0.349 e. The van der Waals surface area contributed by atoms with Gasteiger partial charge >= 0.3 is 0 Å². The Labute approximate surface area is 101 Å². The molecule has 0 aliphatic rings. The lowest BCUT2D eigenvalue weighted by Crippen LogP contribution is -2.36. The average Bonchev–Trinajstić information content (AvgIpc) is 2.35. The summed E-state index contributed by atoms with van der Waals surface area (Å²) in [6, 6.07) is 5.50. The summed E-state index contributed by atoms with van der Waals surface area (Å²) in [6.07, 6.45) is 2.90. The standard InChI is InChI=1S/C12H17N3O2/c1-2-5-11(16)15-9-12(17)14-8-10-6-3-4-7-13-10/h3-4,6-7H,2,5,8-9H2,1H3,(H,14,17)(H,15,16). The first-order chi connectivity index (χ1) is 8.22. The van der Waals surface area contributed by atoms with Gasteiger partial charge < -0.3 is 10.6 Å². The van der Waals surface area contributed by atoms with E-state index in [1.165, 1.54) is 0 Å². The zero-order valence-corrected chi connectivity index (χ0v) is 9.90. The van der Waals surface area contributed by atoms with E-state index in [0.717, 1.165) is 12.1 Å². The minimum Gasteiger partial charge on any atom is -0.349 e. The highest BCUT2D eigenvalue weighted by molar-refractivity contribution is 5.84. The van der Waals surface area contributed by atoms with Crippen LogP contribution in [0.15, 0.2) is 24.4 Å². The van der Waals surface area contributed by atoms with Crippen molar-refractivity contribution in [2.24, 2.45) is 0 Å². The molecule has 1 aromatic heterocycles. The molecule has 1 heterocycles. The second-order valence-corrected chi connectivity index (χ2v) is 3.62. The fraction of sp³-hybridized carbons (Fsp3) is 0.417. The van der Waals surface area contributed by atoms with Crippen LogP contribution in [0.2, 0.25) is 0 Å². The van der Waals surface area contributed by atoms with Crippen molar-refractivity contribution >= 4 is 11.8 Å². The molecule has 5 nitrogen and oxygen atoms in total. The Balaban J connectivity index is 2.20. The van der Waals surface area contributed by atoms with Gasteiger partial charge in [0, 0.05) is 12.6 Å². The smallest absolute Gasteiger partial charge is 0.239 e. The van der Waals surface area contributed by atoms with E-state index >= 15 is 0 Å². The third-order valence-corrected chi connectivity index (χ3v) is 2.12. The van der Waals surface area contributed by atoms with Crippen molar-refractivity contribution in [3.05, 3.63) is 30.1 Å². The maximum atomic E-state index is 11.4. The molecule has 0 radical (unpaired) electrons. The van der Waals surface area contributed by atoms with Crippen LogP contribution in [0.25, 0.3) is 0 Å². The SMILES string of the molecule is CCCC(=O)NCC(=O)NCc1ccccn1. The lowest BCUT2D eigenvalue weighted by atomic mass is 10.3. The maximum Gasteiger partial charge on any atom is 0.239 e. The zero-order valence-electron chi connectivity index (χ0n) is 9.90. The molecule has 0 aromatic carbocycles. The van der Waals surface area contributed by atoms with E-state index in [-0.39, 0.29) is 18.4 Å². The van der Waals surface area contributed by atoms with Crippen molar-refractivity contribution in [3.63, 3.8) is 0 Å². The highest BCUT2D eigenvalue weighted by Crippen LogP contribution is 1.91. The first-order valence-corrected chi connectivity index (χ1v) is 5.65. The molecule has 5 heteroatoms. The monoisotopic (exact) mass is 235 g/mol. The fourth-order valence-corrected chi connectivity index (χ4v) is 1.25. The van der Waals surface area contributed by atoms with Crippen LogP contribution in [-0.4, -0.2) is 23.3 Å². The Morgan fingerprint density at radius 1 is 1.24 bits per heavy atom. The van der Waals surface area contributed by atoms with Crippen LogP contribution in [-0.2, 0) is 16.1 Å². The average molecular weight is 235 g/mol. The number of nitrogens with zero attached hydrogens (tertiary/aromatic N) is 1. The number of hydrogen-bond donors (Lipinski definition) is 2. The first kappa shape index (κ1) is 13.2. The van der Waals surface area contributed by atoms with Gasteiger partial charge in [0.25, 0.3) is 0 Å². The van der Waals surface area contributed by atoms with Crippen molar-refractivity contribution in [1.82, 2.24) is 15.6 Å². The molecule has 0 spiro atoms. The van der Waals surface area contributed by atoms with Gasteiger partial charge in [-0.25, -0.2) is 0 Å². The molecular weight excluding hydrogens is 218 g/mol. The lowest BCUT2D eigenvalue weighted by Gasteiger charge is -2.06. The van der Waals surface area contributed by atoms with Gasteiger partial charge in [-0.15, -0.1) is 0 Å². The molecule has 0 fully saturated rings. The molecule has 2 N–H and O–H groups in total. The Morgan fingerprint density at radius 3 is 2.71 bits per heavy atom. The van der Waals surface area contributed by atoms with Crippen LogP contribution in [0.1, 0.15) is 25.5 Å². The van der Waals surface area contributed by atoms with Gasteiger partial charge in [-0.3, -0.25) is 14.6 Å². The van der Waals surface area contributed by atoms with Gasteiger partial charge in [0.05, 0.1) is 18.8 Å². The summed E-state index contributed by atoms with van der Waals surface area (Å²) < 4.78 is 0. The highest BCUT2D eigenvalue weighted by atomic mass is 16.2. The number of carbonyl (C=O) groups is 2. The molecule has 1 rings (SSSR count). The molecule has 0 bridgehead atoms. The molecule has 0 saturated heterocycles. The van der Waals surface area contributed by atoms with Crippen molar-refractivity contribution in [3.8, 4) is 0 Å². The molecule has 1 aromatic rings. The molecule has 0 atom stereocenters. The quantitative estimate of drug-likeness (QED) is 0.759. The summed E-state index contributed by atoms with van der Waals surface area (Å²) >= 11 is 0. The summed E-state index contributed by atoms with van der Waals surface area (Å²) in [6.45, 7) is 2.32. The summed E-state index contributed by atoms with van der Waals surface area (Å²) in [5.41, 5.74) is 0.792. The summed E-state index contributed by atoms with van der Waals surface area (Å²) in [7, 11) is 0. The number of aromatic nitrogens is 1. The van der Waals surface area contributed by atoms with E-state index in [2.05, 4.69) is 15.6 Å². The highest BCUT2D eigenvalue weighted by Gasteiger charge is 2.04. The van der Waals surface area contributed by atoms with Crippen LogP contribution in [0.4, 0.5) is 0 Å². The van der Waals surface area contributed by atoms with Crippen LogP contribution in [0.5, 0.6) is 0 Å². The van der Waals surface area contributed by atoms with Gasteiger partial charge in [-0.2, -0.15) is 0 Å². The van der Waals surface area contributed by atoms with E-state index in [0.29, 0.717) is 13.0 Å². The van der Waals surface area contributed by atoms with E-state index < -0.39 is 0 Å². The second kappa shape index (κ2) is 7.38. The van der Waals surface area contributed by atoms with Crippen molar-refractivity contribution in [2.45, 2.75) is 26.3 Å². The number of pyridine rings is 1. The number of hydrogen-bond acceptors (Lipinski definition) is 3. The van der Waals surface area contributed by atoms with E-state index in [4.69, 9.17) is 0 Å². The minimum absolute atomic E-state index is 0.0195. The normalized spacial score (nSPS) is 9.71. The predicted octanol–water partition coefficient (Wildman–Crippen LogP) is 0.614. The topological polar surface area (TPSA) is 71.1 Å². The van der Waals surface area contributed by atoms with E-state index in [9.17, 15) is 9.59 Å². The Bertz CT molecular complexity index is 365. The Kier molecular flexibility index (Phi) is 5.71. The fourth-order valence-electron chi connectivity index (χ4n) is 1.25. The minimum atomic E-state index is -0.208. The maximum absolute atomic E-state index is 11.4. The van der Waals surface area contributed by atoms with E-state index in [1.807, 2.05) is 25.1 Å². The van der Waals surface area contributed by atoms with Gasteiger partial charge in [0.2, 0.25) is 11.8 Å². The number of carbonyl (C=O) groups excluding carboxylic acids is 2. The first-order valence-electron chi connectivity index (χ1n) is 5.65. The molecule has 0 unspecified atom stereocenters. The lowest BCUT2D eigenvalue weighted by molar-refractivity contribution is -0.126. The summed E-state index contributed by atoms with van der Waals surface area (Å²) in [4.78, 5) is 26.6. The van der Waals surface area contributed by atoms with Crippen LogP contribution < -0.4 is 10.6 Å². The Hall–Kier alpha value is -1.91. The summed E-state index contributed by atoms with van der Waals surface area (Å²) in [5.74, 6) is -0.305. The predicted molar refractivity (Wildman–Crippen MR) is 64.0 cm³/mol. The zero-order chi connectivity index (χ0) is 12.5. The number of amides is 2. The second-order valence-electron chi connectivity index (χ2n) is 3.62. The molecule has 0 aliphatic heterocycles. The van der Waals surface area contributed by atoms with Gasteiger partial charge in [-0.05, 0) is 18.6 Å². The molecule has 2 amide bonds. The van der Waals surface area contributed by atoms with Crippen molar-refractivity contribution in [2.75, 3.05) is 6.54 Å². The van der Waals surface area contributed by atoms with Gasteiger partial charge in [-0.1, -0.05) is 13.0 Å². The van der Waals surface area contributed by atoms with Crippen molar-refractivity contribution in [1.29, 1.82) is 0 Å². The Morgan fingerprint density at radius 2 is 2.06 bits per heavy atom. The molecule has 0 saturated carbocycles. The third kappa shape index (κ3) is 5.65. The van der Waals surface area contributed by atoms with Gasteiger partial charge in [0.15, 0.2) is 0 Å². The van der Waals surface area contributed by atoms with Crippen LogP contribution >= 0.6 is 0 Å². The van der Waals surface area contributed by atoms with E-state index in [1.54, 1.807) is 6.20 Å². The third-order valence-electron chi connectivity index (χ3n) is 2.12. The summed E-state index contributed by atoms with van der Waals surface area (Å²) in [5, 5.41) is 5.23. The number of nitrogens with one attached hydrogen (secondary N) is 2. The number of rotatable bonds is 6. The van der Waals surface area contributed by atoms with Crippen LogP contribution in [0, 0.1) is 0 Å². The van der Waals surface area contributed by atoms with Gasteiger partial charge in [0.1, 0.15) is 0 Å². The molecule has 0 aliphatic carbocycles. The molecule has 92 valence electrons.